The monoisotopic (exact) mass is 162 g/mol. The number of hydrogen-bond donors (Lipinski definition) is 0. The lowest BCUT2D eigenvalue weighted by atomic mass is 10.1. The summed E-state index contributed by atoms with van der Waals surface area (Å²) in [6.45, 7) is 2.88. The fourth-order valence-corrected chi connectivity index (χ4v) is 0.833. The summed E-state index contributed by atoms with van der Waals surface area (Å²) in [6, 6.07) is 0. The molecular weight excluding hydrogens is 152 g/mol. The van der Waals surface area contributed by atoms with Crippen molar-refractivity contribution in [3.05, 3.63) is 20.2 Å². The third kappa shape index (κ3) is 1.44. The van der Waals surface area contributed by atoms with Crippen molar-refractivity contribution >= 4 is 0 Å². The molecule has 0 spiro atoms. The summed E-state index contributed by atoms with van der Waals surface area (Å²) >= 11 is 0. The van der Waals surface area contributed by atoms with Gasteiger partial charge in [0.05, 0.1) is 22.7 Å². The van der Waals surface area contributed by atoms with Crippen LogP contribution in [0.2, 0.25) is 0 Å². The summed E-state index contributed by atoms with van der Waals surface area (Å²) < 4.78 is 0. The zero-order valence-corrected chi connectivity index (χ0v) is 6.44. The van der Waals surface area contributed by atoms with Crippen molar-refractivity contribution in [1.82, 2.24) is 0 Å². The fraction of sp³-hybridized carbons (Fsp3) is 1.00. The van der Waals surface area contributed by atoms with E-state index in [1.807, 2.05) is 0 Å². The van der Waals surface area contributed by atoms with Gasteiger partial charge in [-0.1, -0.05) is 13.8 Å². The van der Waals surface area contributed by atoms with Crippen LogP contribution >= 0.6 is 0 Å². The van der Waals surface area contributed by atoms with Crippen molar-refractivity contribution in [2.45, 2.75) is 32.4 Å². The summed E-state index contributed by atoms with van der Waals surface area (Å²) in [5.74, 6) is 0. The van der Waals surface area contributed by atoms with Crippen LogP contribution in [0.25, 0.3) is 0 Å². The standard InChI is InChI=1S/C5H10N2O4/c1-3-5(4-2,6(8)9)7(10)11/h3-4H2,1-2H3. The Morgan fingerprint density at radius 2 is 1.36 bits per heavy atom. The lowest BCUT2D eigenvalue weighted by Gasteiger charge is -2.12. The molecule has 0 fully saturated rings. The zero-order valence-electron chi connectivity index (χ0n) is 6.44. The van der Waals surface area contributed by atoms with Gasteiger partial charge in [-0.05, 0) is 0 Å². The molecule has 0 aromatic rings. The largest absolute Gasteiger partial charge is 0.458 e. The van der Waals surface area contributed by atoms with Crippen LogP contribution in [0.3, 0.4) is 0 Å². The summed E-state index contributed by atoms with van der Waals surface area (Å²) in [5, 5.41) is 20.6. The van der Waals surface area contributed by atoms with E-state index in [2.05, 4.69) is 0 Å². The van der Waals surface area contributed by atoms with Crippen molar-refractivity contribution < 1.29 is 9.85 Å². The van der Waals surface area contributed by atoms with Crippen LogP contribution in [0.4, 0.5) is 0 Å². The molecule has 0 saturated carbocycles. The number of nitro groups is 2. The van der Waals surface area contributed by atoms with E-state index in [1.165, 1.54) is 13.8 Å². The van der Waals surface area contributed by atoms with E-state index in [-0.39, 0.29) is 12.8 Å². The lowest BCUT2D eigenvalue weighted by molar-refractivity contribution is -0.797. The quantitative estimate of drug-likeness (QED) is 0.351. The first kappa shape index (κ1) is 9.80. The highest BCUT2D eigenvalue weighted by atomic mass is 16.7. The topological polar surface area (TPSA) is 86.3 Å². The molecule has 0 bridgehead atoms. The van der Waals surface area contributed by atoms with Crippen LogP contribution < -0.4 is 0 Å². The molecule has 0 N–H and O–H groups in total. The summed E-state index contributed by atoms with van der Waals surface area (Å²) in [6.07, 6.45) is -0.160. The average molecular weight is 162 g/mol. The van der Waals surface area contributed by atoms with E-state index in [0.717, 1.165) is 0 Å². The first-order valence-electron chi connectivity index (χ1n) is 3.30. The normalized spacial score (nSPS) is 11.1. The molecule has 0 aromatic heterocycles. The number of hydrogen-bond acceptors (Lipinski definition) is 4. The zero-order chi connectivity index (χ0) is 9.07. The smallest absolute Gasteiger partial charge is 0.258 e. The highest BCUT2D eigenvalue weighted by Crippen LogP contribution is 2.19. The highest BCUT2D eigenvalue weighted by Gasteiger charge is 2.51. The van der Waals surface area contributed by atoms with Gasteiger partial charge in [-0.25, -0.2) is 0 Å². The molecule has 0 saturated heterocycles. The molecule has 64 valence electrons. The van der Waals surface area contributed by atoms with Crippen molar-refractivity contribution in [2.24, 2.45) is 0 Å². The molecule has 11 heavy (non-hydrogen) atoms. The molecule has 0 aliphatic heterocycles. The molecular formula is C5H10N2O4. The second-order valence-electron chi connectivity index (χ2n) is 2.20. The summed E-state index contributed by atoms with van der Waals surface area (Å²) in [7, 11) is 0. The summed E-state index contributed by atoms with van der Waals surface area (Å²) in [4.78, 5) is 18.9. The first-order valence-corrected chi connectivity index (χ1v) is 3.30. The molecule has 0 aliphatic carbocycles. The molecule has 0 unspecified atom stereocenters. The SMILES string of the molecule is CCC(CC)([N+](=O)[O-])[N+](=O)[O-]. The van der Waals surface area contributed by atoms with Crippen molar-refractivity contribution in [3.8, 4) is 0 Å². The van der Waals surface area contributed by atoms with Crippen LogP contribution in [0.15, 0.2) is 0 Å². The Kier molecular flexibility index (Phi) is 2.91. The van der Waals surface area contributed by atoms with E-state index in [9.17, 15) is 20.2 Å². The maximum Gasteiger partial charge on any atom is 0.458 e. The van der Waals surface area contributed by atoms with Gasteiger partial charge in [0, 0.05) is 0 Å². The van der Waals surface area contributed by atoms with Gasteiger partial charge in [-0.3, -0.25) is 20.2 Å². The minimum absolute atomic E-state index is 0.0799. The predicted octanol–water partition coefficient (Wildman–Crippen LogP) is 1.06. The lowest BCUT2D eigenvalue weighted by Crippen LogP contribution is -2.44. The fourth-order valence-electron chi connectivity index (χ4n) is 0.833. The second kappa shape index (κ2) is 3.27. The number of rotatable bonds is 4. The van der Waals surface area contributed by atoms with Gasteiger partial charge < -0.3 is 0 Å². The maximum atomic E-state index is 10.3. The molecule has 0 rings (SSSR count). The summed E-state index contributed by atoms with van der Waals surface area (Å²) in [5.41, 5.74) is -1.97. The predicted molar refractivity (Wildman–Crippen MR) is 37.3 cm³/mol. The molecule has 6 heteroatoms. The van der Waals surface area contributed by atoms with Gasteiger partial charge >= 0.3 is 5.66 Å². The van der Waals surface area contributed by atoms with Crippen molar-refractivity contribution in [3.63, 3.8) is 0 Å². The molecule has 0 heterocycles. The van der Waals surface area contributed by atoms with E-state index in [4.69, 9.17) is 0 Å². The molecule has 0 amide bonds. The Hall–Kier alpha value is -1.20. The number of nitrogens with zero attached hydrogens (tertiary/aromatic N) is 2. The second-order valence-corrected chi connectivity index (χ2v) is 2.20. The Morgan fingerprint density at radius 1 is 1.09 bits per heavy atom. The van der Waals surface area contributed by atoms with Crippen LogP contribution in [-0.2, 0) is 0 Å². The van der Waals surface area contributed by atoms with Crippen molar-refractivity contribution in [2.75, 3.05) is 0 Å². The Balaban J connectivity index is 4.76. The Labute approximate surface area is 63.5 Å². The van der Waals surface area contributed by atoms with E-state index in [0.29, 0.717) is 0 Å². The van der Waals surface area contributed by atoms with Gasteiger partial charge in [0.2, 0.25) is 0 Å². The minimum Gasteiger partial charge on any atom is -0.258 e. The first-order chi connectivity index (χ1) is 5.01. The van der Waals surface area contributed by atoms with Crippen LogP contribution in [0.5, 0.6) is 0 Å². The molecule has 0 radical (unpaired) electrons. The van der Waals surface area contributed by atoms with Crippen LogP contribution in [-0.4, -0.2) is 15.5 Å². The van der Waals surface area contributed by atoms with Gasteiger partial charge in [0.15, 0.2) is 0 Å². The minimum atomic E-state index is -1.97. The van der Waals surface area contributed by atoms with Crippen molar-refractivity contribution in [1.29, 1.82) is 0 Å². The molecule has 0 aromatic carbocycles. The van der Waals surface area contributed by atoms with Gasteiger partial charge in [0.1, 0.15) is 0 Å². The Morgan fingerprint density at radius 3 is 1.36 bits per heavy atom. The van der Waals surface area contributed by atoms with E-state index < -0.39 is 15.5 Å². The van der Waals surface area contributed by atoms with Gasteiger partial charge in [0.25, 0.3) is 0 Å². The van der Waals surface area contributed by atoms with Crippen LogP contribution in [0, 0.1) is 20.2 Å². The van der Waals surface area contributed by atoms with Gasteiger partial charge in [-0.2, -0.15) is 0 Å². The molecule has 6 nitrogen and oxygen atoms in total. The van der Waals surface area contributed by atoms with E-state index in [1.54, 1.807) is 0 Å². The third-order valence-electron chi connectivity index (χ3n) is 1.81. The van der Waals surface area contributed by atoms with Crippen LogP contribution in [0.1, 0.15) is 26.7 Å². The van der Waals surface area contributed by atoms with Gasteiger partial charge in [-0.15, -0.1) is 0 Å². The average Bonchev–Trinajstić information content (AvgIpc) is 1.90. The van der Waals surface area contributed by atoms with E-state index >= 15 is 0 Å². The molecule has 0 atom stereocenters. The third-order valence-corrected chi connectivity index (χ3v) is 1.81. The maximum absolute atomic E-state index is 10.3. The molecule has 0 aliphatic rings. The Bertz CT molecular complexity index is 159. The highest BCUT2D eigenvalue weighted by molar-refractivity contribution is 4.61.